The van der Waals surface area contributed by atoms with Crippen LogP contribution in [0.4, 0.5) is 5.69 Å². The Labute approximate surface area is 109 Å². The average Bonchev–Trinajstić information content (AvgIpc) is 2.71. The second-order valence-corrected chi connectivity index (χ2v) is 4.48. The second-order valence-electron chi connectivity index (χ2n) is 4.08. The number of nitrogens with two attached hydrogens (primary N) is 1. The first-order valence-corrected chi connectivity index (χ1v) is 5.87. The van der Waals surface area contributed by atoms with E-state index < -0.39 is 0 Å². The van der Waals surface area contributed by atoms with E-state index in [1.54, 1.807) is 12.3 Å². The molecule has 0 spiro atoms. The fraction of sp³-hybridized carbons (Fsp3) is 0.0769. The summed E-state index contributed by atoms with van der Waals surface area (Å²) < 4.78 is 1.99. The van der Waals surface area contributed by atoms with Crippen LogP contribution in [0.15, 0.2) is 36.5 Å². The smallest absolute Gasteiger partial charge is 0.178 e. The normalized spacial score (nSPS) is 11.0. The molecule has 18 heavy (non-hydrogen) atoms. The zero-order valence-corrected chi connectivity index (χ0v) is 10.5. The highest BCUT2D eigenvalue weighted by Gasteiger charge is 2.11. The van der Waals surface area contributed by atoms with E-state index in [4.69, 9.17) is 17.3 Å². The molecule has 2 heterocycles. The summed E-state index contributed by atoms with van der Waals surface area (Å²) >= 11 is 5.92. The van der Waals surface area contributed by atoms with Crippen molar-refractivity contribution in [2.24, 2.45) is 7.05 Å². The fourth-order valence-corrected chi connectivity index (χ4v) is 2.08. The Morgan fingerprint density at radius 3 is 2.83 bits per heavy atom. The molecule has 0 atom stereocenters. The highest BCUT2D eigenvalue weighted by Crippen LogP contribution is 2.27. The molecule has 1 aromatic carbocycles. The molecule has 0 aliphatic heterocycles. The van der Waals surface area contributed by atoms with Gasteiger partial charge in [0.05, 0.1) is 16.2 Å². The van der Waals surface area contributed by atoms with E-state index in [9.17, 15) is 0 Å². The Hall–Kier alpha value is -2.07. The third kappa shape index (κ3) is 1.62. The standard InChI is InChI=1S/C13H11ClN4/c1-18-11-3-2-6-16-12(11)17-13(18)8-4-5-9(14)10(15)7-8/h2-7H,15H2,1H3. The molecule has 0 saturated heterocycles. The highest BCUT2D eigenvalue weighted by molar-refractivity contribution is 6.33. The van der Waals surface area contributed by atoms with Crippen LogP contribution in [0.5, 0.6) is 0 Å². The molecule has 0 aliphatic carbocycles. The van der Waals surface area contributed by atoms with Crippen LogP contribution in [-0.4, -0.2) is 14.5 Å². The van der Waals surface area contributed by atoms with Gasteiger partial charge in [-0.2, -0.15) is 0 Å². The second kappa shape index (κ2) is 3.99. The highest BCUT2D eigenvalue weighted by atomic mass is 35.5. The number of anilines is 1. The van der Waals surface area contributed by atoms with Gasteiger partial charge in [0, 0.05) is 18.8 Å². The van der Waals surface area contributed by atoms with Gasteiger partial charge in [-0.3, -0.25) is 0 Å². The summed E-state index contributed by atoms with van der Waals surface area (Å²) in [6.45, 7) is 0. The number of benzene rings is 1. The molecule has 0 bridgehead atoms. The lowest BCUT2D eigenvalue weighted by molar-refractivity contribution is 0.959. The van der Waals surface area contributed by atoms with Crippen molar-refractivity contribution >= 4 is 28.5 Å². The summed E-state index contributed by atoms with van der Waals surface area (Å²) in [6, 6.07) is 9.38. The third-order valence-corrected chi connectivity index (χ3v) is 3.26. The minimum absolute atomic E-state index is 0.550. The molecule has 90 valence electrons. The van der Waals surface area contributed by atoms with E-state index in [1.807, 2.05) is 35.9 Å². The molecular weight excluding hydrogens is 248 g/mol. The van der Waals surface area contributed by atoms with Crippen molar-refractivity contribution in [1.82, 2.24) is 14.5 Å². The van der Waals surface area contributed by atoms with Crippen molar-refractivity contribution in [1.29, 1.82) is 0 Å². The van der Waals surface area contributed by atoms with Gasteiger partial charge in [0.25, 0.3) is 0 Å². The number of rotatable bonds is 1. The molecule has 0 unspecified atom stereocenters. The Kier molecular flexibility index (Phi) is 2.45. The predicted octanol–water partition coefficient (Wildman–Crippen LogP) is 2.87. The summed E-state index contributed by atoms with van der Waals surface area (Å²) in [5.41, 5.74) is 9.01. The van der Waals surface area contributed by atoms with E-state index in [-0.39, 0.29) is 0 Å². The zero-order chi connectivity index (χ0) is 12.7. The van der Waals surface area contributed by atoms with Gasteiger partial charge < -0.3 is 10.3 Å². The van der Waals surface area contributed by atoms with Crippen molar-refractivity contribution in [3.63, 3.8) is 0 Å². The fourth-order valence-electron chi connectivity index (χ4n) is 1.97. The van der Waals surface area contributed by atoms with E-state index in [0.717, 1.165) is 22.6 Å². The SMILES string of the molecule is Cn1c(-c2ccc(Cl)c(N)c2)nc2ncccc21. The number of aryl methyl sites for hydroxylation is 1. The first kappa shape index (κ1) is 11.0. The van der Waals surface area contributed by atoms with Crippen LogP contribution >= 0.6 is 11.6 Å². The number of halogens is 1. The van der Waals surface area contributed by atoms with Gasteiger partial charge in [0.1, 0.15) is 5.82 Å². The minimum atomic E-state index is 0.550. The summed E-state index contributed by atoms with van der Waals surface area (Å²) in [6.07, 6.45) is 1.73. The van der Waals surface area contributed by atoms with Crippen LogP contribution in [0.2, 0.25) is 5.02 Å². The average molecular weight is 259 g/mol. The molecule has 4 nitrogen and oxygen atoms in total. The van der Waals surface area contributed by atoms with E-state index in [1.165, 1.54) is 0 Å². The van der Waals surface area contributed by atoms with E-state index in [2.05, 4.69) is 9.97 Å². The summed E-state index contributed by atoms with van der Waals surface area (Å²) in [4.78, 5) is 8.75. The van der Waals surface area contributed by atoms with Gasteiger partial charge in [0.2, 0.25) is 0 Å². The van der Waals surface area contributed by atoms with Gasteiger partial charge in [0.15, 0.2) is 5.65 Å². The Bertz CT molecular complexity index is 733. The van der Waals surface area contributed by atoms with Crippen LogP contribution in [0.25, 0.3) is 22.6 Å². The van der Waals surface area contributed by atoms with Crippen LogP contribution in [-0.2, 0) is 7.05 Å². The topological polar surface area (TPSA) is 56.7 Å². The predicted molar refractivity (Wildman–Crippen MR) is 73.4 cm³/mol. The molecule has 0 radical (unpaired) electrons. The zero-order valence-electron chi connectivity index (χ0n) is 9.76. The number of hydrogen-bond acceptors (Lipinski definition) is 3. The molecule has 5 heteroatoms. The molecule has 3 aromatic rings. The quantitative estimate of drug-likeness (QED) is 0.683. The Morgan fingerprint density at radius 1 is 1.28 bits per heavy atom. The first-order chi connectivity index (χ1) is 8.66. The number of fused-ring (bicyclic) bond motifs is 1. The number of hydrogen-bond donors (Lipinski definition) is 1. The van der Waals surface area contributed by atoms with Gasteiger partial charge >= 0.3 is 0 Å². The molecule has 3 rings (SSSR count). The lowest BCUT2D eigenvalue weighted by Gasteiger charge is -2.04. The van der Waals surface area contributed by atoms with Crippen molar-refractivity contribution < 1.29 is 0 Å². The van der Waals surface area contributed by atoms with Crippen molar-refractivity contribution in [2.45, 2.75) is 0 Å². The lowest BCUT2D eigenvalue weighted by atomic mass is 10.2. The van der Waals surface area contributed by atoms with Gasteiger partial charge in [-0.05, 0) is 30.3 Å². The molecule has 2 aromatic heterocycles. The van der Waals surface area contributed by atoms with Crippen molar-refractivity contribution in [2.75, 3.05) is 5.73 Å². The number of aromatic nitrogens is 3. The van der Waals surface area contributed by atoms with Gasteiger partial charge in [-0.25, -0.2) is 9.97 Å². The molecule has 0 fully saturated rings. The molecule has 0 amide bonds. The number of pyridine rings is 1. The van der Waals surface area contributed by atoms with Crippen LogP contribution < -0.4 is 5.73 Å². The maximum atomic E-state index is 5.92. The Morgan fingerprint density at radius 2 is 2.11 bits per heavy atom. The van der Waals surface area contributed by atoms with Crippen LogP contribution in [0.1, 0.15) is 0 Å². The van der Waals surface area contributed by atoms with Crippen LogP contribution in [0, 0.1) is 0 Å². The van der Waals surface area contributed by atoms with Gasteiger partial charge in [-0.15, -0.1) is 0 Å². The number of imidazole rings is 1. The minimum Gasteiger partial charge on any atom is -0.398 e. The monoisotopic (exact) mass is 258 g/mol. The van der Waals surface area contributed by atoms with Crippen LogP contribution in [0.3, 0.4) is 0 Å². The maximum absolute atomic E-state index is 5.92. The molecule has 2 N–H and O–H groups in total. The lowest BCUT2D eigenvalue weighted by Crippen LogP contribution is -1.94. The van der Waals surface area contributed by atoms with E-state index >= 15 is 0 Å². The molecular formula is C13H11ClN4. The first-order valence-electron chi connectivity index (χ1n) is 5.49. The molecule has 0 aliphatic rings. The van der Waals surface area contributed by atoms with Crippen molar-refractivity contribution in [3.05, 3.63) is 41.6 Å². The maximum Gasteiger partial charge on any atom is 0.178 e. The largest absolute Gasteiger partial charge is 0.398 e. The van der Waals surface area contributed by atoms with E-state index in [0.29, 0.717) is 10.7 Å². The number of nitrogen functional groups attached to an aromatic ring is 1. The number of nitrogens with zero attached hydrogens (tertiary/aromatic N) is 3. The third-order valence-electron chi connectivity index (χ3n) is 2.91. The van der Waals surface area contributed by atoms with Gasteiger partial charge in [-0.1, -0.05) is 11.6 Å². The summed E-state index contributed by atoms with van der Waals surface area (Å²) in [5, 5.41) is 0.552. The molecule has 0 saturated carbocycles. The summed E-state index contributed by atoms with van der Waals surface area (Å²) in [7, 11) is 1.96. The Balaban J connectivity index is 2.25. The van der Waals surface area contributed by atoms with Crippen molar-refractivity contribution in [3.8, 4) is 11.4 Å². The summed E-state index contributed by atoms with van der Waals surface area (Å²) in [5.74, 6) is 0.826.